The fourth-order valence-electron chi connectivity index (χ4n) is 3.42. The smallest absolute Gasteiger partial charge is 0.121 e. The molecule has 2 aliphatic heterocycles. The highest BCUT2D eigenvalue weighted by atomic mass is 35.5. The highest BCUT2D eigenvalue weighted by molar-refractivity contribution is 6.30. The quantitative estimate of drug-likeness (QED) is 0.793. The molecule has 2 saturated heterocycles. The number of ether oxygens (including phenoxy) is 1. The van der Waals surface area contributed by atoms with Gasteiger partial charge in [-0.15, -0.1) is 0 Å². The molecule has 0 aromatic heterocycles. The first kappa shape index (κ1) is 17.0. The molecule has 1 unspecified atom stereocenters. The molecule has 0 amide bonds. The average Bonchev–Trinajstić information content (AvgIpc) is 2.97. The zero-order valence-corrected chi connectivity index (χ0v) is 14.8. The molecule has 5 heteroatoms. The second kappa shape index (κ2) is 8.34. The fourth-order valence-corrected chi connectivity index (χ4v) is 3.60. The first-order valence-electron chi connectivity index (χ1n) is 8.74. The molecule has 0 saturated carbocycles. The van der Waals surface area contributed by atoms with Crippen LogP contribution in [0.5, 0.6) is 5.75 Å². The Balaban J connectivity index is 1.33. The number of likely N-dealkylation sites (N-methyl/N-ethyl adjacent to an activating group) is 1. The van der Waals surface area contributed by atoms with Gasteiger partial charge in [0.1, 0.15) is 11.9 Å². The number of likely N-dealkylation sites (tertiary alicyclic amines) is 1. The molecule has 0 bridgehead atoms. The van der Waals surface area contributed by atoms with E-state index in [-0.39, 0.29) is 0 Å². The lowest BCUT2D eigenvalue weighted by Crippen LogP contribution is -2.45. The molecule has 2 fully saturated rings. The van der Waals surface area contributed by atoms with Crippen LogP contribution in [-0.4, -0.2) is 80.2 Å². The van der Waals surface area contributed by atoms with Gasteiger partial charge in [0.15, 0.2) is 0 Å². The summed E-state index contributed by atoms with van der Waals surface area (Å²) in [4.78, 5) is 7.54. The Labute approximate surface area is 144 Å². The van der Waals surface area contributed by atoms with Crippen molar-refractivity contribution < 1.29 is 4.74 Å². The SMILES string of the molecule is CN1CCN(CCCN2CCC(Oc3cccc(Cl)c3)C2)CC1. The lowest BCUT2D eigenvalue weighted by molar-refractivity contribution is 0.146. The molecule has 1 aromatic rings. The Hall–Kier alpha value is -0.810. The third-order valence-electron chi connectivity index (χ3n) is 4.87. The maximum Gasteiger partial charge on any atom is 0.121 e. The number of hydrogen-bond acceptors (Lipinski definition) is 4. The summed E-state index contributed by atoms with van der Waals surface area (Å²) in [7, 11) is 2.21. The molecule has 4 nitrogen and oxygen atoms in total. The molecule has 2 heterocycles. The Morgan fingerprint density at radius 3 is 2.65 bits per heavy atom. The van der Waals surface area contributed by atoms with E-state index in [0.717, 1.165) is 30.3 Å². The summed E-state index contributed by atoms with van der Waals surface area (Å²) in [5.74, 6) is 0.891. The average molecular weight is 338 g/mol. The molecule has 0 spiro atoms. The van der Waals surface area contributed by atoms with Gasteiger partial charge in [-0.1, -0.05) is 17.7 Å². The van der Waals surface area contributed by atoms with Gasteiger partial charge in [0.05, 0.1) is 0 Å². The van der Waals surface area contributed by atoms with E-state index in [1.165, 1.54) is 45.7 Å². The highest BCUT2D eigenvalue weighted by Crippen LogP contribution is 2.21. The van der Waals surface area contributed by atoms with Crippen LogP contribution in [0.15, 0.2) is 24.3 Å². The van der Waals surface area contributed by atoms with Gasteiger partial charge in [0.2, 0.25) is 0 Å². The van der Waals surface area contributed by atoms with E-state index in [2.05, 4.69) is 21.7 Å². The van der Waals surface area contributed by atoms with Crippen molar-refractivity contribution in [3.63, 3.8) is 0 Å². The number of halogens is 1. The van der Waals surface area contributed by atoms with Crippen molar-refractivity contribution in [3.8, 4) is 5.75 Å². The van der Waals surface area contributed by atoms with E-state index in [1.807, 2.05) is 24.3 Å². The molecule has 0 N–H and O–H groups in total. The highest BCUT2D eigenvalue weighted by Gasteiger charge is 2.24. The van der Waals surface area contributed by atoms with Crippen LogP contribution in [0.3, 0.4) is 0 Å². The van der Waals surface area contributed by atoms with Crippen LogP contribution in [0.2, 0.25) is 5.02 Å². The fraction of sp³-hybridized carbons (Fsp3) is 0.667. The first-order chi connectivity index (χ1) is 11.2. The summed E-state index contributed by atoms with van der Waals surface area (Å²) < 4.78 is 6.05. The molecule has 128 valence electrons. The number of benzene rings is 1. The Morgan fingerprint density at radius 1 is 1.09 bits per heavy atom. The van der Waals surface area contributed by atoms with Crippen LogP contribution >= 0.6 is 11.6 Å². The largest absolute Gasteiger partial charge is 0.489 e. The van der Waals surface area contributed by atoms with E-state index in [0.29, 0.717) is 6.10 Å². The summed E-state index contributed by atoms with van der Waals surface area (Å²) in [6.07, 6.45) is 2.67. The third kappa shape index (κ3) is 5.35. The standard InChI is InChI=1S/C18H28ClN3O/c1-20-10-12-21(13-11-20)7-3-8-22-9-6-18(15-22)23-17-5-2-4-16(19)14-17/h2,4-5,14,18H,3,6-13,15H2,1H3. The molecule has 1 atom stereocenters. The van der Waals surface area contributed by atoms with Crippen molar-refractivity contribution in [1.82, 2.24) is 14.7 Å². The second-order valence-electron chi connectivity index (χ2n) is 6.78. The van der Waals surface area contributed by atoms with Crippen molar-refractivity contribution in [3.05, 3.63) is 29.3 Å². The van der Waals surface area contributed by atoms with Gasteiger partial charge < -0.3 is 14.5 Å². The molecule has 3 rings (SSSR count). The molecule has 2 aliphatic rings. The number of hydrogen-bond donors (Lipinski definition) is 0. The molecular formula is C18H28ClN3O. The lowest BCUT2D eigenvalue weighted by atomic mass is 10.3. The van der Waals surface area contributed by atoms with Gasteiger partial charge >= 0.3 is 0 Å². The summed E-state index contributed by atoms with van der Waals surface area (Å²) in [6.45, 7) is 9.45. The maximum absolute atomic E-state index is 6.05. The zero-order valence-electron chi connectivity index (χ0n) is 14.1. The van der Waals surface area contributed by atoms with Crippen LogP contribution in [0.25, 0.3) is 0 Å². The lowest BCUT2D eigenvalue weighted by Gasteiger charge is -2.32. The van der Waals surface area contributed by atoms with Crippen LogP contribution in [-0.2, 0) is 0 Å². The van der Waals surface area contributed by atoms with E-state index in [1.54, 1.807) is 0 Å². The van der Waals surface area contributed by atoms with E-state index >= 15 is 0 Å². The number of rotatable bonds is 6. The Morgan fingerprint density at radius 2 is 1.87 bits per heavy atom. The van der Waals surface area contributed by atoms with Gasteiger partial charge in [-0.25, -0.2) is 0 Å². The van der Waals surface area contributed by atoms with Crippen LogP contribution in [0.4, 0.5) is 0 Å². The summed E-state index contributed by atoms with van der Waals surface area (Å²) in [5, 5.41) is 0.740. The third-order valence-corrected chi connectivity index (χ3v) is 5.11. The van der Waals surface area contributed by atoms with Crippen molar-refractivity contribution in [1.29, 1.82) is 0 Å². The van der Waals surface area contributed by atoms with Crippen molar-refractivity contribution >= 4 is 11.6 Å². The number of nitrogens with zero attached hydrogens (tertiary/aromatic N) is 3. The normalized spacial score (nSPS) is 24.2. The Kier molecular flexibility index (Phi) is 6.17. The van der Waals surface area contributed by atoms with Gasteiger partial charge in [-0.2, -0.15) is 0 Å². The van der Waals surface area contributed by atoms with Crippen molar-refractivity contribution in [2.24, 2.45) is 0 Å². The summed E-state index contributed by atoms with van der Waals surface area (Å²) >= 11 is 6.01. The second-order valence-corrected chi connectivity index (χ2v) is 7.22. The molecular weight excluding hydrogens is 310 g/mol. The molecule has 0 aliphatic carbocycles. The molecule has 23 heavy (non-hydrogen) atoms. The van der Waals surface area contributed by atoms with Crippen molar-refractivity contribution in [2.45, 2.75) is 18.9 Å². The minimum Gasteiger partial charge on any atom is -0.489 e. The zero-order chi connectivity index (χ0) is 16.1. The van der Waals surface area contributed by atoms with E-state index in [9.17, 15) is 0 Å². The summed E-state index contributed by atoms with van der Waals surface area (Å²) in [6, 6.07) is 7.72. The maximum atomic E-state index is 6.05. The van der Waals surface area contributed by atoms with E-state index < -0.39 is 0 Å². The van der Waals surface area contributed by atoms with Gasteiger partial charge in [0.25, 0.3) is 0 Å². The molecule has 1 aromatic carbocycles. The minimum absolute atomic E-state index is 0.303. The van der Waals surface area contributed by atoms with Gasteiger partial charge in [-0.3, -0.25) is 4.90 Å². The molecule has 0 radical (unpaired) electrons. The summed E-state index contributed by atoms with van der Waals surface area (Å²) in [5.41, 5.74) is 0. The monoisotopic (exact) mass is 337 g/mol. The first-order valence-corrected chi connectivity index (χ1v) is 9.12. The van der Waals surface area contributed by atoms with Crippen molar-refractivity contribution in [2.75, 3.05) is 59.4 Å². The Bertz CT molecular complexity index is 491. The van der Waals surface area contributed by atoms with Crippen LogP contribution in [0.1, 0.15) is 12.8 Å². The topological polar surface area (TPSA) is 19.0 Å². The minimum atomic E-state index is 0.303. The van der Waals surface area contributed by atoms with Crippen LogP contribution in [0, 0.1) is 0 Å². The van der Waals surface area contributed by atoms with E-state index in [4.69, 9.17) is 16.3 Å². The number of piperazine rings is 1. The van der Waals surface area contributed by atoms with Crippen LogP contribution < -0.4 is 4.74 Å². The van der Waals surface area contributed by atoms with Gasteiger partial charge in [-0.05, 0) is 51.2 Å². The predicted octanol–water partition coefficient (Wildman–Crippen LogP) is 2.43. The predicted molar refractivity (Wildman–Crippen MR) is 95.5 cm³/mol. The van der Waals surface area contributed by atoms with Gasteiger partial charge in [0, 0.05) is 44.3 Å².